The summed E-state index contributed by atoms with van der Waals surface area (Å²) in [5.74, 6) is 0.874. The third-order valence-electron chi connectivity index (χ3n) is 3.18. The number of methoxy groups -OCH3 is 1. The standard InChI is InChI=1S/C15H16N6O2/c1-23-9-8-21-6-3-13(19-21)18-15(22)12-2-4-17-14(10-12)20-7-5-16-11-20/h2-7,10-11H,8-9H2,1H3,(H,18,19,22). The fraction of sp³-hybridized carbons (Fsp3) is 0.200. The lowest BCUT2D eigenvalue weighted by Crippen LogP contribution is -2.14. The summed E-state index contributed by atoms with van der Waals surface area (Å²) in [4.78, 5) is 20.5. The molecule has 0 radical (unpaired) electrons. The second-order valence-corrected chi connectivity index (χ2v) is 4.78. The smallest absolute Gasteiger partial charge is 0.257 e. The van der Waals surface area contributed by atoms with Gasteiger partial charge in [-0.2, -0.15) is 5.10 Å². The molecular formula is C15H16N6O2. The average Bonchev–Trinajstić information content (AvgIpc) is 3.25. The number of amides is 1. The Bertz CT molecular complexity index is 781. The van der Waals surface area contributed by atoms with E-state index >= 15 is 0 Å². The number of ether oxygens (including phenoxy) is 1. The van der Waals surface area contributed by atoms with Crippen LogP contribution in [0.25, 0.3) is 5.82 Å². The zero-order valence-corrected chi connectivity index (χ0v) is 12.6. The van der Waals surface area contributed by atoms with Crippen LogP contribution in [0.15, 0.2) is 49.3 Å². The number of carbonyl (C=O) groups is 1. The van der Waals surface area contributed by atoms with Crippen LogP contribution in [-0.2, 0) is 11.3 Å². The molecule has 0 spiro atoms. The van der Waals surface area contributed by atoms with Crippen molar-refractivity contribution < 1.29 is 9.53 Å². The number of nitrogens with zero attached hydrogens (tertiary/aromatic N) is 5. The van der Waals surface area contributed by atoms with Gasteiger partial charge in [0.05, 0.1) is 13.2 Å². The summed E-state index contributed by atoms with van der Waals surface area (Å²) in [6, 6.07) is 5.09. The molecule has 3 heterocycles. The molecule has 0 aromatic carbocycles. The van der Waals surface area contributed by atoms with Crippen LogP contribution in [0.5, 0.6) is 0 Å². The fourth-order valence-electron chi connectivity index (χ4n) is 2.02. The van der Waals surface area contributed by atoms with E-state index in [1.807, 2.05) is 0 Å². The van der Waals surface area contributed by atoms with Crippen molar-refractivity contribution in [2.24, 2.45) is 0 Å². The molecule has 0 aliphatic rings. The number of hydrogen-bond acceptors (Lipinski definition) is 5. The van der Waals surface area contributed by atoms with Crippen molar-refractivity contribution in [3.8, 4) is 5.82 Å². The van der Waals surface area contributed by atoms with E-state index in [0.29, 0.717) is 30.4 Å². The Balaban J connectivity index is 1.71. The molecule has 0 bridgehead atoms. The van der Waals surface area contributed by atoms with E-state index in [9.17, 15) is 4.79 Å². The molecule has 3 rings (SSSR count). The highest BCUT2D eigenvalue weighted by Crippen LogP contribution is 2.10. The number of rotatable bonds is 6. The number of nitrogens with one attached hydrogen (secondary N) is 1. The second-order valence-electron chi connectivity index (χ2n) is 4.78. The summed E-state index contributed by atoms with van der Waals surface area (Å²) < 4.78 is 8.43. The zero-order chi connectivity index (χ0) is 16.1. The van der Waals surface area contributed by atoms with E-state index in [4.69, 9.17) is 4.74 Å². The average molecular weight is 312 g/mol. The monoisotopic (exact) mass is 312 g/mol. The first kappa shape index (κ1) is 14.9. The first-order valence-electron chi connectivity index (χ1n) is 7.04. The van der Waals surface area contributed by atoms with Gasteiger partial charge >= 0.3 is 0 Å². The van der Waals surface area contributed by atoms with E-state index < -0.39 is 0 Å². The van der Waals surface area contributed by atoms with Crippen molar-refractivity contribution in [1.29, 1.82) is 0 Å². The second kappa shape index (κ2) is 6.84. The number of carbonyl (C=O) groups excluding carboxylic acids is 1. The molecule has 8 heteroatoms. The highest BCUT2D eigenvalue weighted by molar-refractivity contribution is 6.03. The lowest BCUT2D eigenvalue weighted by molar-refractivity contribution is 0.102. The molecule has 118 valence electrons. The molecule has 0 saturated carbocycles. The first-order chi connectivity index (χ1) is 11.3. The molecule has 23 heavy (non-hydrogen) atoms. The lowest BCUT2D eigenvalue weighted by Gasteiger charge is -2.05. The molecule has 0 aliphatic carbocycles. The largest absolute Gasteiger partial charge is 0.383 e. The van der Waals surface area contributed by atoms with Gasteiger partial charge in [0.25, 0.3) is 5.91 Å². The van der Waals surface area contributed by atoms with Crippen molar-refractivity contribution in [3.05, 3.63) is 54.9 Å². The van der Waals surface area contributed by atoms with Crippen LogP contribution in [0.2, 0.25) is 0 Å². The molecule has 1 amide bonds. The zero-order valence-electron chi connectivity index (χ0n) is 12.6. The summed E-state index contributed by atoms with van der Waals surface area (Å²) >= 11 is 0. The summed E-state index contributed by atoms with van der Waals surface area (Å²) in [6.07, 6.45) is 8.42. The lowest BCUT2D eigenvalue weighted by atomic mass is 10.2. The number of anilines is 1. The summed E-state index contributed by atoms with van der Waals surface area (Å²) in [5.41, 5.74) is 0.496. The number of aromatic nitrogens is 5. The minimum Gasteiger partial charge on any atom is -0.383 e. The van der Waals surface area contributed by atoms with Gasteiger partial charge in [-0.15, -0.1) is 0 Å². The Morgan fingerprint density at radius 3 is 3.00 bits per heavy atom. The molecule has 0 saturated heterocycles. The van der Waals surface area contributed by atoms with E-state index in [0.717, 1.165) is 0 Å². The minimum absolute atomic E-state index is 0.245. The minimum atomic E-state index is -0.245. The van der Waals surface area contributed by atoms with Gasteiger partial charge in [-0.25, -0.2) is 9.97 Å². The maximum Gasteiger partial charge on any atom is 0.257 e. The Kier molecular flexibility index (Phi) is 4.44. The third kappa shape index (κ3) is 3.61. The maximum atomic E-state index is 12.3. The maximum absolute atomic E-state index is 12.3. The SMILES string of the molecule is COCCn1ccc(NC(=O)c2ccnc(-n3ccnc3)c2)n1. The number of hydrogen-bond donors (Lipinski definition) is 1. The van der Waals surface area contributed by atoms with Gasteiger partial charge in [0, 0.05) is 43.5 Å². The van der Waals surface area contributed by atoms with Crippen LogP contribution in [0.1, 0.15) is 10.4 Å². The molecule has 0 fully saturated rings. The van der Waals surface area contributed by atoms with Crippen molar-refractivity contribution >= 4 is 11.7 Å². The molecule has 0 aliphatic heterocycles. The van der Waals surface area contributed by atoms with Gasteiger partial charge in [-0.05, 0) is 12.1 Å². The Hall–Kier alpha value is -3.00. The van der Waals surface area contributed by atoms with E-state index in [1.165, 1.54) is 0 Å². The third-order valence-corrected chi connectivity index (χ3v) is 3.18. The highest BCUT2D eigenvalue weighted by Gasteiger charge is 2.10. The van der Waals surface area contributed by atoms with Gasteiger partial charge in [0.2, 0.25) is 0 Å². The van der Waals surface area contributed by atoms with Crippen molar-refractivity contribution in [2.45, 2.75) is 6.54 Å². The van der Waals surface area contributed by atoms with E-state index in [2.05, 4.69) is 20.4 Å². The van der Waals surface area contributed by atoms with Crippen LogP contribution in [0.3, 0.4) is 0 Å². The molecule has 8 nitrogen and oxygen atoms in total. The van der Waals surface area contributed by atoms with E-state index in [1.54, 1.807) is 65.7 Å². The van der Waals surface area contributed by atoms with Crippen LogP contribution < -0.4 is 5.32 Å². The molecule has 0 unspecified atom stereocenters. The topological polar surface area (TPSA) is 86.9 Å². The van der Waals surface area contributed by atoms with Crippen LogP contribution in [0.4, 0.5) is 5.82 Å². The molecule has 0 atom stereocenters. The van der Waals surface area contributed by atoms with Crippen LogP contribution in [0, 0.1) is 0 Å². The Morgan fingerprint density at radius 2 is 2.22 bits per heavy atom. The van der Waals surface area contributed by atoms with Crippen molar-refractivity contribution in [2.75, 3.05) is 19.0 Å². The quantitative estimate of drug-likeness (QED) is 0.742. The number of pyridine rings is 1. The van der Waals surface area contributed by atoms with E-state index in [-0.39, 0.29) is 5.91 Å². The van der Waals surface area contributed by atoms with Gasteiger partial charge < -0.3 is 10.1 Å². The van der Waals surface area contributed by atoms with Crippen molar-refractivity contribution in [1.82, 2.24) is 24.3 Å². The van der Waals surface area contributed by atoms with Gasteiger partial charge in [-0.1, -0.05) is 0 Å². The summed E-state index contributed by atoms with van der Waals surface area (Å²) in [6.45, 7) is 1.19. The van der Waals surface area contributed by atoms with Crippen LogP contribution >= 0.6 is 0 Å². The van der Waals surface area contributed by atoms with Crippen molar-refractivity contribution in [3.63, 3.8) is 0 Å². The van der Waals surface area contributed by atoms with Gasteiger partial charge in [0.15, 0.2) is 5.82 Å². The molecular weight excluding hydrogens is 296 g/mol. The predicted molar refractivity (Wildman–Crippen MR) is 83.4 cm³/mol. The van der Waals surface area contributed by atoms with Gasteiger partial charge in [-0.3, -0.25) is 14.0 Å². The summed E-state index contributed by atoms with van der Waals surface area (Å²) in [5, 5.41) is 7.02. The Labute approximate surface area is 132 Å². The van der Waals surface area contributed by atoms with Crippen LogP contribution in [-0.4, -0.2) is 43.9 Å². The summed E-state index contributed by atoms with van der Waals surface area (Å²) in [7, 11) is 1.63. The van der Waals surface area contributed by atoms with Gasteiger partial charge in [0.1, 0.15) is 12.1 Å². The molecule has 3 aromatic rings. The molecule has 1 N–H and O–H groups in total. The predicted octanol–water partition coefficient (Wildman–Crippen LogP) is 1.36. The molecule has 3 aromatic heterocycles. The number of imidazole rings is 1. The normalized spacial score (nSPS) is 10.7. The first-order valence-corrected chi connectivity index (χ1v) is 7.04. The highest BCUT2D eigenvalue weighted by atomic mass is 16.5. The Morgan fingerprint density at radius 1 is 1.30 bits per heavy atom. The fourth-order valence-corrected chi connectivity index (χ4v) is 2.02.